The number of hydrogen-bond donors (Lipinski definition) is 1. The Balaban J connectivity index is 1.49. The molecule has 1 aliphatic heterocycles. The van der Waals surface area contributed by atoms with Gasteiger partial charge in [-0.25, -0.2) is 0 Å². The third-order valence-electron chi connectivity index (χ3n) is 5.19. The van der Waals surface area contributed by atoms with Gasteiger partial charge in [0.2, 0.25) is 5.91 Å². The van der Waals surface area contributed by atoms with Crippen LogP contribution in [0.1, 0.15) is 37.0 Å². The van der Waals surface area contributed by atoms with E-state index in [9.17, 15) is 4.79 Å². The molecule has 3 unspecified atom stereocenters. The van der Waals surface area contributed by atoms with Gasteiger partial charge in [-0.3, -0.25) is 4.79 Å². The van der Waals surface area contributed by atoms with Gasteiger partial charge in [-0.1, -0.05) is 12.5 Å². The molecule has 1 aromatic rings. The van der Waals surface area contributed by atoms with E-state index in [1.54, 1.807) is 11.3 Å². The van der Waals surface area contributed by atoms with Crippen LogP contribution in [0.25, 0.3) is 0 Å². The standard InChI is InChI=1S/C16H22N2OS/c19-16(15-14-5-1-3-11(14)9-17-15)18(12-6-7-12)10-13-4-2-8-20-13/h2,4,8,11-12,14-15,17H,1,3,5-7,9-10H2. The van der Waals surface area contributed by atoms with Gasteiger partial charge in [0, 0.05) is 10.9 Å². The first-order valence-corrected chi connectivity index (χ1v) is 8.77. The molecule has 3 atom stereocenters. The molecule has 0 spiro atoms. The zero-order chi connectivity index (χ0) is 13.5. The molecule has 2 heterocycles. The van der Waals surface area contributed by atoms with Crippen LogP contribution in [-0.2, 0) is 11.3 Å². The van der Waals surface area contributed by atoms with Gasteiger partial charge in [-0.2, -0.15) is 0 Å². The Kier molecular flexibility index (Phi) is 3.31. The highest BCUT2D eigenvalue weighted by molar-refractivity contribution is 7.09. The van der Waals surface area contributed by atoms with Crippen molar-refractivity contribution in [2.75, 3.05) is 6.54 Å². The largest absolute Gasteiger partial charge is 0.333 e. The summed E-state index contributed by atoms with van der Waals surface area (Å²) in [7, 11) is 0. The zero-order valence-electron chi connectivity index (χ0n) is 11.8. The maximum atomic E-state index is 13.0. The lowest BCUT2D eigenvalue weighted by Gasteiger charge is -2.27. The summed E-state index contributed by atoms with van der Waals surface area (Å²) < 4.78 is 0. The Bertz CT molecular complexity index is 483. The first-order valence-electron chi connectivity index (χ1n) is 7.89. The summed E-state index contributed by atoms with van der Waals surface area (Å²) in [6, 6.07) is 4.83. The van der Waals surface area contributed by atoms with Crippen molar-refractivity contribution in [2.24, 2.45) is 11.8 Å². The van der Waals surface area contributed by atoms with Crippen LogP contribution in [0.3, 0.4) is 0 Å². The fourth-order valence-electron chi connectivity index (χ4n) is 3.98. The molecule has 3 aliphatic rings. The first-order chi connectivity index (χ1) is 9.83. The molecular weight excluding hydrogens is 268 g/mol. The molecule has 0 aromatic carbocycles. The predicted molar refractivity (Wildman–Crippen MR) is 80.5 cm³/mol. The lowest BCUT2D eigenvalue weighted by molar-refractivity contribution is -0.135. The maximum Gasteiger partial charge on any atom is 0.240 e. The fraction of sp³-hybridized carbons (Fsp3) is 0.688. The van der Waals surface area contributed by atoms with E-state index in [0.717, 1.165) is 19.0 Å². The number of nitrogens with zero attached hydrogens (tertiary/aromatic N) is 1. The summed E-state index contributed by atoms with van der Waals surface area (Å²) in [5.41, 5.74) is 0. The Morgan fingerprint density at radius 2 is 2.25 bits per heavy atom. The minimum absolute atomic E-state index is 0.100. The van der Waals surface area contributed by atoms with Gasteiger partial charge in [0.25, 0.3) is 0 Å². The SMILES string of the molecule is O=C(C1NCC2CCCC21)N(Cc1cccs1)C1CC1. The summed E-state index contributed by atoms with van der Waals surface area (Å²) >= 11 is 1.76. The highest BCUT2D eigenvalue weighted by Gasteiger charge is 2.45. The van der Waals surface area contributed by atoms with Crippen LogP contribution in [0.2, 0.25) is 0 Å². The predicted octanol–water partition coefficient (Wildman–Crippen LogP) is 2.63. The first kappa shape index (κ1) is 12.8. The van der Waals surface area contributed by atoms with Crippen molar-refractivity contribution >= 4 is 17.2 Å². The van der Waals surface area contributed by atoms with Crippen molar-refractivity contribution in [1.82, 2.24) is 10.2 Å². The number of fused-ring (bicyclic) bond motifs is 1. The average molecular weight is 290 g/mol. The summed E-state index contributed by atoms with van der Waals surface area (Å²) in [6.45, 7) is 1.87. The number of carbonyl (C=O) groups excluding carboxylic acids is 1. The number of hydrogen-bond acceptors (Lipinski definition) is 3. The maximum absolute atomic E-state index is 13.0. The lowest BCUT2D eigenvalue weighted by Crippen LogP contribution is -2.46. The van der Waals surface area contributed by atoms with Gasteiger partial charge >= 0.3 is 0 Å². The van der Waals surface area contributed by atoms with Gasteiger partial charge < -0.3 is 10.2 Å². The fourth-order valence-corrected chi connectivity index (χ4v) is 4.68. The van der Waals surface area contributed by atoms with E-state index in [1.807, 2.05) is 0 Å². The molecular formula is C16H22N2OS. The summed E-state index contributed by atoms with van der Waals surface area (Å²) in [4.78, 5) is 16.4. The summed E-state index contributed by atoms with van der Waals surface area (Å²) in [5, 5.41) is 5.62. The van der Waals surface area contributed by atoms with Crippen molar-refractivity contribution in [3.05, 3.63) is 22.4 Å². The topological polar surface area (TPSA) is 32.3 Å². The molecule has 1 aromatic heterocycles. The van der Waals surface area contributed by atoms with E-state index in [4.69, 9.17) is 0 Å². The molecule has 0 bridgehead atoms. The van der Waals surface area contributed by atoms with Crippen LogP contribution in [0.5, 0.6) is 0 Å². The van der Waals surface area contributed by atoms with Gasteiger partial charge in [0.05, 0.1) is 12.6 Å². The monoisotopic (exact) mass is 290 g/mol. The number of amides is 1. The smallest absolute Gasteiger partial charge is 0.240 e. The second kappa shape index (κ2) is 5.15. The highest BCUT2D eigenvalue weighted by Crippen LogP contribution is 2.39. The minimum Gasteiger partial charge on any atom is -0.333 e. The molecule has 4 rings (SSSR count). The van der Waals surface area contributed by atoms with E-state index >= 15 is 0 Å². The molecule has 1 N–H and O–H groups in total. The number of carbonyl (C=O) groups is 1. The van der Waals surface area contributed by atoms with Gasteiger partial charge in [0.1, 0.15) is 0 Å². The van der Waals surface area contributed by atoms with Gasteiger partial charge in [0.15, 0.2) is 0 Å². The lowest BCUT2D eigenvalue weighted by atomic mass is 9.93. The van der Waals surface area contributed by atoms with Crippen LogP contribution in [0, 0.1) is 11.8 Å². The third-order valence-corrected chi connectivity index (χ3v) is 6.05. The second-order valence-corrected chi connectivity index (χ2v) is 7.55. The number of thiophene rings is 1. The van der Waals surface area contributed by atoms with E-state index in [-0.39, 0.29) is 6.04 Å². The van der Waals surface area contributed by atoms with E-state index in [2.05, 4.69) is 27.7 Å². The van der Waals surface area contributed by atoms with E-state index in [1.165, 1.54) is 37.0 Å². The van der Waals surface area contributed by atoms with Crippen molar-refractivity contribution in [3.8, 4) is 0 Å². The molecule has 2 aliphatic carbocycles. The highest BCUT2D eigenvalue weighted by atomic mass is 32.1. The molecule has 1 amide bonds. The van der Waals surface area contributed by atoms with Gasteiger partial charge in [-0.05, 0) is 55.5 Å². The molecule has 1 saturated heterocycles. The van der Waals surface area contributed by atoms with Crippen molar-refractivity contribution in [3.63, 3.8) is 0 Å². The molecule has 3 fully saturated rings. The Labute approximate surface area is 124 Å². The minimum atomic E-state index is 0.100. The van der Waals surface area contributed by atoms with Crippen LogP contribution in [0.4, 0.5) is 0 Å². The van der Waals surface area contributed by atoms with Crippen LogP contribution >= 0.6 is 11.3 Å². The van der Waals surface area contributed by atoms with Crippen molar-refractivity contribution in [2.45, 2.75) is 50.7 Å². The third kappa shape index (κ3) is 2.29. The van der Waals surface area contributed by atoms with Crippen LogP contribution in [0.15, 0.2) is 17.5 Å². The molecule has 108 valence electrons. The normalized spacial score (nSPS) is 32.3. The van der Waals surface area contributed by atoms with E-state index < -0.39 is 0 Å². The summed E-state index contributed by atoms with van der Waals surface area (Å²) in [5.74, 6) is 1.73. The Morgan fingerprint density at radius 3 is 3.00 bits per heavy atom. The molecule has 4 heteroatoms. The molecule has 0 radical (unpaired) electrons. The quantitative estimate of drug-likeness (QED) is 0.924. The number of rotatable bonds is 4. The van der Waals surface area contributed by atoms with E-state index in [0.29, 0.717) is 17.9 Å². The zero-order valence-corrected chi connectivity index (χ0v) is 12.6. The van der Waals surface area contributed by atoms with Crippen LogP contribution in [-0.4, -0.2) is 29.4 Å². The van der Waals surface area contributed by atoms with Crippen LogP contribution < -0.4 is 5.32 Å². The molecule has 2 saturated carbocycles. The summed E-state index contributed by atoms with van der Waals surface area (Å²) in [6.07, 6.45) is 6.26. The molecule has 3 nitrogen and oxygen atoms in total. The van der Waals surface area contributed by atoms with Crippen molar-refractivity contribution in [1.29, 1.82) is 0 Å². The second-order valence-electron chi connectivity index (χ2n) is 6.52. The molecule has 20 heavy (non-hydrogen) atoms. The average Bonchev–Trinajstić information content (AvgIpc) is 2.88. The van der Waals surface area contributed by atoms with Gasteiger partial charge in [-0.15, -0.1) is 11.3 Å². The number of nitrogens with one attached hydrogen (secondary N) is 1. The Hall–Kier alpha value is -0.870. The Morgan fingerprint density at radius 1 is 1.35 bits per heavy atom. The van der Waals surface area contributed by atoms with Crippen molar-refractivity contribution < 1.29 is 4.79 Å².